The molecule has 1 saturated carbocycles. The first kappa shape index (κ1) is 17.4. The highest BCUT2D eigenvalue weighted by atomic mass is 35.5. The van der Waals surface area contributed by atoms with Gasteiger partial charge in [0.05, 0.1) is 10.9 Å². The van der Waals surface area contributed by atoms with Crippen LogP contribution in [-0.2, 0) is 14.1 Å². The van der Waals surface area contributed by atoms with Crippen molar-refractivity contribution in [2.24, 2.45) is 14.1 Å². The third-order valence-corrected chi connectivity index (χ3v) is 4.52. The van der Waals surface area contributed by atoms with Crippen LogP contribution >= 0.6 is 11.6 Å². The summed E-state index contributed by atoms with van der Waals surface area (Å²) in [5.74, 6) is -5.19. The lowest BCUT2D eigenvalue weighted by atomic mass is 9.95. The SMILES string of the molecule is Cn1nnnc1NC(=O)c1nn(C)c(=O)c(C2CCCC2(F)F)c1Cl. The number of carbonyl (C=O) groups is 1. The van der Waals surface area contributed by atoms with Crippen molar-refractivity contribution in [2.45, 2.75) is 31.1 Å². The van der Waals surface area contributed by atoms with Gasteiger partial charge in [0.2, 0.25) is 5.95 Å². The number of alkyl halides is 2. The average Bonchev–Trinajstić information content (AvgIpc) is 3.09. The highest BCUT2D eigenvalue weighted by Gasteiger charge is 2.47. The van der Waals surface area contributed by atoms with Gasteiger partial charge in [0, 0.05) is 26.1 Å². The molecule has 1 atom stereocenters. The summed E-state index contributed by atoms with van der Waals surface area (Å²) < 4.78 is 30.3. The molecule has 1 amide bonds. The summed E-state index contributed by atoms with van der Waals surface area (Å²) in [7, 11) is 2.77. The normalized spacial score (nSPS) is 19.2. The molecule has 0 bridgehead atoms. The Hall–Kier alpha value is -2.43. The zero-order valence-corrected chi connectivity index (χ0v) is 14.1. The van der Waals surface area contributed by atoms with Crippen molar-refractivity contribution in [3.05, 3.63) is 26.6 Å². The van der Waals surface area contributed by atoms with E-state index in [1.165, 1.54) is 18.8 Å². The number of nitrogens with zero attached hydrogens (tertiary/aromatic N) is 6. The second-order valence-electron chi connectivity index (χ2n) is 5.79. The lowest BCUT2D eigenvalue weighted by Gasteiger charge is -2.21. The monoisotopic (exact) mass is 373 g/mol. The smallest absolute Gasteiger partial charge is 0.280 e. The summed E-state index contributed by atoms with van der Waals surface area (Å²) in [6.45, 7) is 0. The van der Waals surface area contributed by atoms with E-state index in [4.69, 9.17) is 11.6 Å². The molecule has 0 spiro atoms. The fourth-order valence-corrected chi connectivity index (χ4v) is 3.20. The number of amides is 1. The van der Waals surface area contributed by atoms with E-state index in [1.807, 2.05) is 0 Å². The topological polar surface area (TPSA) is 108 Å². The van der Waals surface area contributed by atoms with Crippen LogP contribution in [0.15, 0.2) is 4.79 Å². The number of rotatable bonds is 3. The molecular weight excluding hydrogens is 360 g/mol. The van der Waals surface area contributed by atoms with E-state index in [1.54, 1.807) is 0 Å². The van der Waals surface area contributed by atoms with Crippen molar-refractivity contribution in [3.8, 4) is 0 Å². The standard InChI is InChI=1S/C13H14ClF2N7O2/c1-22-11(25)7(6-4-3-5-13(6,15)16)8(14)9(19-22)10(24)17-12-18-20-21-23(12)2/h6H,3-5H2,1-2H3,(H,17,18,21,24). The Labute approximate surface area is 145 Å². The van der Waals surface area contributed by atoms with Crippen LogP contribution in [0.5, 0.6) is 0 Å². The Morgan fingerprint density at radius 2 is 2.08 bits per heavy atom. The van der Waals surface area contributed by atoms with Gasteiger partial charge in [-0.2, -0.15) is 5.10 Å². The molecule has 1 aliphatic carbocycles. The quantitative estimate of drug-likeness (QED) is 0.863. The molecule has 1 unspecified atom stereocenters. The van der Waals surface area contributed by atoms with E-state index in [0.717, 1.165) is 4.68 Å². The molecule has 0 radical (unpaired) electrons. The minimum atomic E-state index is -3.06. The molecule has 25 heavy (non-hydrogen) atoms. The zero-order valence-electron chi connectivity index (χ0n) is 13.3. The lowest BCUT2D eigenvalue weighted by Crippen LogP contribution is -2.33. The summed E-state index contributed by atoms with van der Waals surface area (Å²) in [5.41, 5.74) is -1.37. The summed E-state index contributed by atoms with van der Waals surface area (Å²) in [5, 5.41) is 16.3. The third kappa shape index (κ3) is 2.99. The van der Waals surface area contributed by atoms with Gasteiger partial charge in [-0.05, 0) is 23.3 Å². The average molecular weight is 374 g/mol. The summed E-state index contributed by atoms with van der Waals surface area (Å²) >= 11 is 6.14. The van der Waals surface area contributed by atoms with Crippen LogP contribution in [-0.4, -0.2) is 41.8 Å². The van der Waals surface area contributed by atoms with Crippen LogP contribution in [0.2, 0.25) is 5.02 Å². The Morgan fingerprint density at radius 1 is 1.36 bits per heavy atom. The van der Waals surface area contributed by atoms with Crippen molar-refractivity contribution in [1.29, 1.82) is 0 Å². The summed E-state index contributed by atoms with van der Waals surface area (Å²) in [4.78, 5) is 24.7. The zero-order chi connectivity index (χ0) is 18.4. The Morgan fingerprint density at radius 3 is 2.64 bits per heavy atom. The van der Waals surface area contributed by atoms with Gasteiger partial charge in [0.15, 0.2) is 5.69 Å². The maximum Gasteiger partial charge on any atom is 0.280 e. The Bertz CT molecular complexity index is 895. The van der Waals surface area contributed by atoms with Crippen LogP contribution in [0.25, 0.3) is 0 Å². The molecule has 2 aromatic rings. The second-order valence-corrected chi connectivity index (χ2v) is 6.17. The number of carbonyl (C=O) groups excluding carboxylic acids is 1. The number of hydrogen-bond acceptors (Lipinski definition) is 6. The van der Waals surface area contributed by atoms with Crippen LogP contribution < -0.4 is 10.9 Å². The number of nitrogens with one attached hydrogen (secondary N) is 1. The van der Waals surface area contributed by atoms with Crippen molar-refractivity contribution < 1.29 is 13.6 Å². The van der Waals surface area contributed by atoms with Crippen LogP contribution in [0, 0.1) is 0 Å². The molecular formula is C13H14ClF2N7O2. The largest absolute Gasteiger partial charge is 0.288 e. The van der Waals surface area contributed by atoms with E-state index < -0.39 is 23.3 Å². The molecule has 2 aromatic heterocycles. The number of hydrogen-bond donors (Lipinski definition) is 1. The van der Waals surface area contributed by atoms with Gasteiger partial charge in [0.25, 0.3) is 17.4 Å². The van der Waals surface area contributed by atoms with Gasteiger partial charge in [-0.25, -0.2) is 18.1 Å². The minimum Gasteiger partial charge on any atom is -0.288 e. The predicted octanol–water partition coefficient (Wildman–Crippen LogP) is 1.11. The van der Waals surface area contributed by atoms with Crippen LogP contribution in [0.1, 0.15) is 41.2 Å². The molecule has 0 aliphatic heterocycles. The first-order valence-electron chi connectivity index (χ1n) is 7.40. The van der Waals surface area contributed by atoms with E-state index in [9.17, 15) is 18.4 Å². The number of tetrazole rings is 1. The van der Waals surface area contributed by atoms with E-state index in [-0.39, 0.29) is 41.5 Å². The Balaban J connectivity index is 2.06. The maximum atomic E-state index is 14.1. The highest BCUT2D eigenvalue weighted by molar-refractivity contribution is 6.34. The number of aryl methyl sites for hydroxylation is 2. The van der Waals surface area contributed by atoms with Gasteiger partial charge in [-0.15, -0.1) is 0 Å². The molecule has 3 rings (SSSR count). The van der Waals surface area contributed by atoms with Crippen LogP contribution in [0.4, 0.5) is 14.7 Å². The van der Waals surface area contributed by atoms with Gasteiger partial charge in [-0.1, -0.05) is 16.7 Å². The van der Waals surface area contributed by atoms with Gasteiger partial charge < -0.3 is 0 Å². The molecule has 9 nitrogen and oxygen atoms in total. The third-order valence-electron chi connectivity index (χ3n) is 4.14. The first-order valence-corrected chi connectivity index (χ1v) is 7.78. The van der Waals surface area contributed by atoms with Gasteiger partial charge >= 0.3 is 0 Å². The molecule has 1 N–H and O–H groups in total. The molecule has 1 aliphatic rings. The van der Waals surface area contributed by atoms with Crippen LogP contribution in [0.3, 0.4) is 0 Å². The van der Waals surface area contributed by atoms with Crippen molar-refractivity contribution in [3.63, 3.8) is 0 Å². The number of anilines is 1. The fraction of sp³-hybridized carbons (Fsp3) is 0.538. The first-order chi connectivity index (χ1) is 11.7. The molecule has 0 saturated heterocycles. The summed E-state index contributed by atoms with van der Waals surface area (Å²) in [6, 6.07) is 0. The van der Waals surface area contributed by atoms with Gasteiger partial charge in [-0.3, -0.25) is 14.9 Å². The van der Waals surface area contributed by atoms with E-state index in [2.05, 4.69) is 25.9 Å². The number of halogens is 3. The predicted molar refractivity (Wildman–Crippen MR) is 82.8 cm³/mol. The second kappa shape index (κ2) is 6.14. The van der Waals surface area contributed by atoms with E-state index >= 15 is 0 Å². The molecule has 1 fully saturated rings. The molecule has 134 valence electrons. The fourth-order valence-electron chi connectivity index (χ4n) is 2.86. The van der Waals surface area contributed by atoms with Crippen molar-refractivity contribution in [1.82, 2.24) is 30.0 Å². The maximum absolute atomic E-state index is 14.1. The molecule has 0 aromatic carbocycles. The summed E-state index contributed by atoms with van der Waals surface area (Å²) in [6.07, 6.45) is 0.0530. The minimum absolute atomic E-state index is 0.0180. The lowest BCUT2D eigenvalue weighted by molar-refractivity contribution is -0.00948. The highest BCUT2D eigenvalue weighted by Crippen LogP contribution is 2.47. The Kier molecular flexibility index (Phi) is 4.27. The van der Waals surface area contributed by atoms with Crippen molar-refractivity contribution >= 4 is 23.5 Å². The number of aromatic nitrogens is 6. The van der Waals surface area contributed by atoms with Gasteiger partial charge in [0.1, 0.15) is 0 Å². The van der Waals surface area contributed by atoms with E-state index in [0.29, 0.717) is 0 Å². The van der Waals surface area contributed by atoms with Crippen molar-refractivity contribution in [2.75, 3.05) is 5.32 Å². The molecule has 12 heteroatoms. The molecule has 2 heterocycles.